The van der Waals surface area contributed by atoms with Crippen LogP contribution in [-0.2, 0) is 0 Å². The Hall–Kier alpha value is -0.820. The lowest BCUT2D eigenvalue weighted by atomic mass is 10.1. The van der Waals surface area contributed by atoms with Gasteiger partial charge in [0.1, 0.15) is 5.82 Å². The molecule has 0 N–H and O–H groups in total. The zero-order valence-corrected chi connectivity index (χ0v) is 9.68. The van der Waals surface area contributed by atoms with Crippen LogP contribution in [0.3, 0.4) is 0 Å². The van der Waals surface area contributed by atoms with Crippen molar-refractivity contribution in [3.63, 3.8) is 0 Å². The first-order chi connectivity index (χ1) is 6.94. The lowest BCUT2D eigenvalue weighted by Crippen LogP contribution is -1.95. The maximum Gasteiger partial charge on any atom is 0.123 e. The summed E-state index contributed by atoms with van der Waals surface area (Å²) >= 11 is 6.37. The highest BCUT2D eigenvalue weighted by atomic mass is 35.5. The van der Waals surface area contributed by atoms with Gasteiger partial charge in [-0.15, -0.1) is 11.6 Å². The molecular weight excluding hydrogens is 211 g/mol. The van der Waals surface area contributed by atoms with E-state index in [0.717, 1.165) is 11.1 Å². The molecule has 0 heterocycles. The highest BCUT2D eigenvalue weighted by Crippen LogP contribution is 2.64. The van der Waals surface area contributed by atoms with E-state index in [9.17, 15) is 4.39 Å². The highest BCUT2D eigenvalue weighted by molar-refractivity contribution is 6.27. The van der Waals surface area contributed by atoms with E-state index in [1.807, 2.05) is 19.9 Å². The third-order valence-corrected chi connectivity index (χ3v) is 3.65. The van der Waals surface area contributed by atoms with Gasteiger partial charge < -0.3 is 0 Å². The van der Waals surface area contributed by atoms with Gasteiger partial charge in [-0.05, 0) is 31.5 Å². The minimum atomic E-state index is -0.292. The van der Waals surface area contributed by atoms with Crippen LogP contribution in [0.15, 0.2) is 36.4 Å². The van der Waals surface area contributed by atoms with Crippen molar-refractivity contribution in [2.75, 3.05) is 0 Å². The van der Waals surface area contributed by atoms with Gasteiger partial charge in [-0.1, -0.05) is 24.3 Å². The average molecular weight is 225 g/mol. The molecule has 1 aromatic rings. The Bertz CT molecular complexity index is 409. The molecule has 0 nitrogen and oxygen atoms in total. The molecule has 15 heavy (non-hydrogen) atoms. The summed E-state index contributed by atoms with van der Waals surface area (Å²) in [7, 11) is 0. The molecule has 0 spiro atoms. The van der Waals surface area contributed by atoms with Gasteiger partial charge in [-0.3, -0.25) is 0 Å². The zero-order valence-electron chi connectivity index (χ0n) is 8.93. The second kappa shape index (κ2) is 3.34. The Morgan fingerprint density at radius 1 is 1.53 bits per heavy atom. The quantitative estimate of drug-likeness (QED) is 0.524. The molecule has 80 valence electrons. The summed E-state index contributed by atoms with van der Waals surface area (Å²) in [6.07, 6.45) is 0. The van der Waals surface area contributed by atoms with Crippen molar-refractivity contribution in [1.29, 1.82) is 0 Å². The standard InChI is InChI=1S/C13H14ClF/c1-8(2)11-12(13(11,3)14)9-5-4-6-10(15)7-9/h4-7,11-12H,1H2,2-3H3. The van der Waals surface area contributed by atoms with Gasteiger partial charge in [0.25, 0.3) is 0 Å². The molecule has 1 aliphatic carbocycles. The topological polar surface area (TPSA) is 0 Å². The Morgan fingerprint density at radius 3 is 2.67 bits per heavy atom. The van der Waals surface area contributed by atoms with E-state index in [4.69, 9.17) is 11.6 Å². The van der Waals surface area contributed by atoms with Crippen LogP contribution in [0.4, 0.5) is 4.39 Å². The Balaban J connectivity index is 2.31. The van der Waals surface area contributed by atoms with Crippen molar-refractivity contribution in [1.82, 2.24) is 0 Å². The summed E-state index contributed by atoms with van der Waals surface area (Å²) in [5.74, 6) is 0.265. The number of hydrogen-bond acceptors (Lipinski definition) is 0. The van der Waals surface area contributed by atoms with Crippen molar-refractivity contribution in [2.45, 2.75) is 24.6 Å². The highest BCUT2D eigenvalue weighted by Gasteiger charge is 2.61. The first-order valence-corrected chi connectivity index (χ1v) is 5.42. The predicted molar refractivity (Wildman–Crippen MR) is 61.7 cm³/mol. The van der Waals surface area contributed by atoms with Gasteiger partial charge in [0.15, 0.2) is 0 Å². The molecule has 0 bridgehead atoms. The lowest BCUT2D eigenvalue weighted by molar-refractivity contribution is 0.625. The molecule has 1 fully saturated rings. The number of allylic oxidation sites excluding steroid dienone is 1. The Labute approximate surface area is 94.8 Å². The maximum absolute atomic E-state index is 13.1. The monoisotopic (exact) mass is 224 g/mol. The van der Waals surface area contributed by atoms with E-state index < -0.39 is 0 Å². The normalized spacial score (nSPS) is 33.9. The van der Waals surface area contributed by atoms with Gasteiger partial charge in [0.05, 0.1) is 4.87 Å². The fourth-order valence-electron chi connectivity index (χ4n) is 2.47. The first kappa shape index (κ1) is 10.7. The van der Waals surface area contributed by atoms with Crippen molar-refractivity contribution in [3.8, 4) is 0 Å². The van der Waals surface area contributed by atoms with Crippen LogP contribution in [0.5, 0.6) is 0 Å². The molecule has 0 aromatic heterocycles. The van der Waals surface area contributed by atoms with Crippen molar-refractivity contribution in [3.05, 3.63) is 47.8 Å². The summed E-state index contributed by atoms with van der Waals surface area (Å²) in [6, 6.07) is 6.67. The molecule has 1 aromatic carbocycles. The van der Waals surface area contributed by atoms with Crippen molar-refractivity contribution in [2.24, 2.45) is 5.92 Å². The number of hydrogen-bond donors (Lipinski definition) is 0. The second-order valence-electron chi connectivity index (χ2n) is 4.51. The molecule has 2 heteroatoms. The van der Waals surface area contributed by atoms with Crippen LogP contribution in [0.2, 0.25) is 0 Å². The first-order valence-electron chi connectivity index (χ1n) is 5.04. The summed E-state index contributed by atoms with van der Waals surface area (Å²) in [5, 5.41) is 0. The van der Waals surface area contributed by atoms with E-state index in [1.54, 1.807) is 12.1 Å². The van der Waals surface area contributed by atoms with Crippen LogP contribution in [-0.4, -0.2) is 4.87 Å². The third-order valence-electron chi connectivity index (χ3n) is 3.18. The lowest BCUT2D eigenvalue weighted by Gasteiger charge is -2.00. The van der Waals surface area contributed by atoms with E-state index in [0.29, 0.717) is 0 Å². The van der Waals surface area contributed by atoms with Crippen LogP contribution < -0.4 is 0 Å². The van der Waals surface area contributed by atoms with Crippen molar-refractivity contribution < 1.29 is 4.39 Å². The van der Waals surface area contributed by atoms with E-state index in [2.05, 4.69) is 6.58 Å². The zero-order chi connectivity index (χ0) is 11.2. The molecule has 0 saturated heterocycles. The molecule has 3 atom stereocenters. The molecule has 0 amide bonds. The second-order valence-corrected chi connectivity index (χ2v) is 5.32. The number of alkyl halides is 1. The van der Waals surface area contributed by atoms with E-state index in [1.165, 1.54) is 6.07 Å². The summed E-state index contributed by atoms with van der Waals surface area (Å²) in [6.45, 7) is 7.90. The largest absolute Gasteiger partial charge is 0.207 e. The molecule has 1 saturated carbocycles. The fourth-order valence-corrected chi connectivity index (χ4v) is 2.97. The average Bonchev–Trinajstić information content (AvgIpc) is 2.69. The molecule has 0 aliphatic heterocycles. The van der Waals surface area contributed by atoms with E-state index >= 15 is 0 Å². The number of benzene rings is 1. The number of rotatable bonds is 2. The third kappa shape index (κ3) is 1.69. The summed E-state index contributed by atoms with van der Waals surface area (Å²) in [5.41, 5.74) is 2.04. The van der Waals surface area contributed by atoms with Gasteiger partial charge in [-0.25, -0.2) is 4.39 Å². The molecule has 0 radical (unpaired) electrons. The van der Waals surface area contributed by atoms with Crippen molar-refractivity contribution >= 4 is 11.6 Å². The number of halogens is 2. The minimum absolute atomic E-state index is 0.201. The smallest absolute Gasteiger partial charge is 0.123 e. The maximum atomic E-state index is 13.1. The summed E-state index contributed by atoms with van der Waals surface area (Å²) < 4.78 is 13.1. The van der Waals surface area contributed by atoms with Gasteiger partial charge >= 0.3 is 0 Å². The molecule has 3 unspecified atom stereocenters. The van der Waals surface area contributed by atoms with Gasteiger partial charge in [-0.2, -0.15) is 0 Å². The predicted octanol–water partition coefficient (Wildman–Crippen LogP) is 4.11. The van der Waals surface area contributed by atoms with Gasteiger partial charge in [0.2, 0.25) is 0 Å². The Kier molecular flexibility index (Phi) is 2.38. The van der Waals surface area contributed by atoms with E-state index in [-0.39, 0.29) is 22.5 Å². The molecule has 1 aliphatic rings. The van der Waals surface area contributed by atoms with Gasteiger partial charge in [0, 0.05) is 11.8 Å². The Morgan fingerprint density at radius 2 is 2.20 bits per heavy atom. The molecule has 2 rings (SSSR count). The fraction of sp³-hybridized carbons (Fsp3) is 0.385. The van der Waals surface area contributed by atoms with Crippen LogP contribution in [0.25, 0.3) is 0 Å². The van der Waals surface area contributed by atoms with Crippen LogP contribution in [0, 0.1) is 11.7 Å². The summed E-state index contributed by atoms with van der Waals surface area (Å²) in [4.78, 5) is -0.292. The SMILES string of the molecule is C=C(C)C1C(c2cccc(F)c2)C1(C)Cl. The van der Waals surface area contributed by atoms with Crippen LogP contribution >= 0.6 is 11.6 Å². The minimum Gasteiger partial charge on any atom is -0.207 e. The molecular formula is C13H14ClF. The van der Waals surface area contributed by atoms with Crippen LogP contribution in [0.1, 0.15) is 25.3 Å².